The number of benzene rings is 2. The fraction of sp³-hybridized carbons (Fsp3) is 0.222. The molecule has 0 unspecified atom stereocenters. The van der Waals surface area contributed by atoms with E-state index in [1.165, 1.54) is 33.3 Å². The molecule has 2 heteroatoms. The van der Waals surface area contributed by atoms with Crippen molar-refractivity contribution in [3.8, 4) is 0 Å². The molecule has 0 spiro atoms. The second-order valence-electron chi connectivity index (χ2n) is 5.80. The first-order valence-corrected chi connectivity index (χ1v) is 7.16. The average molecular weight is 261 g/mol. The lowest BCUT2D eigenvalue weighted by molar-refractivity contribution is 1.21. The van der Waals surface area contributed by atoms with E-state index < -0.39 is 0 Å². The molecule has 0 amide bonds. The van der Waals surface area contributed by atoms with Gasteiger partial charge in [0.05, 0.1) is 0 Å². The molecule has 0 fully saturated rings. The molecule has 1 aliphatic heterocycles. The summed E-state index contributed by atoms with van der Waals surface area (Å²) in [5, 5.41) is 0. The van der Waals surface area contributed by atoms with Gasteiger partial charge in [-0.05, 0) is 38.5 Å². The first kappa shape index (κ1) is 13.0. The number of nitrogens with zero attached hydrogens (tertiary/aromatic N) is 1. The quantitative estimate of drug-likeness (QED) is 0.713. The highest BCUT2D eigenvalue weighted by atomic mass is 15.1. The van der Waals surface area contributed by atoms with Crippen LogP contribution in [0, 0.1) is 20.8 Å². The zero-order chi connectivity index (χ0) is 14.3. The molecule has 1 heterocycles. The maximum absolute atomic E-state index is 2.31. The SMILES string of the molecule is Cc1cc(C)c(B2C=CN(C)c3ccccc32)c(C)c1. The van der Waals surface area contributed by atoms with Crippen molar-refractivity contribution < 1.29 is 0 Å². The van der Waals surface area contributed by atoms with Crippen molar-refractivity contribution in [3.63, 3.8) is 0 Å². The number of fused-ring (bicyclic) bond motifs is 1. The van der Waals surface area contributed by atoms with Gasteiger partial charge in [0.15, 0.2) is 0 Å². The molecule has 0 aromatic heterocycles. The Balaban J connectivity index is 2.19. The number of hydrogen-bond acceptors (Lipinski definition) is 1. The smallest absolute Gasteiger partial charge is 0.238 e. The first-order chi connectivity index (χ1) is 9.58. The summed E-state index contributed by atoms with van der Waals surface area (Å²) >= 11 is 0. The molecule has 2 aromatic rings. The van der Waals surface area contributed by atoms with Crippen molar-refractivity contribution in [1.82, 2.24) is 0 Å². The van der Waals surface area contributed by atoms with Crippen LogP contribution in [0.2, 0.25) is 0 Å². The van der Waals surface area contributed by atoms with Crippen LogP contribution < -0.4 is 15.8 Å². The van der Waals surface area contributed by atoms with Crippen LogP contribution in [0.25, 0.3) is 0 Å². The summed E-state index contributed by atoms with van der Waals surface area (Å²) in [6.45, 7) is 6.99. The lowest BCUT2D eigenvalue weighted by Crippen LogP contribution is -2.47. The van der Waals surface area contributed by atoms with Gasteiger partial charge in [0.1, 0.15) is 0 Å². The number of rotatable bonds is 1. The summed E-state index contributed by atoms with van der Waals surface area (Å²) in [7, 11) is 2.11. The lowest BCUT2D eigenvalue weighted by Gasteiger charge is -2.28. The van der Waals surface area contributed by atoms with Crippen molar-refractivity contribution in [2.45, 2.75) is 20.8 Å². The van der Waals surface area contributed by atoms with E-state index in [0.29, 0.717) is 6.71 Å². The minimum atomic E-state index is 0.364. The maximum atomic E-state index is 2.31. The predicted molar refractivity (Wildman–Crippen MR) is 89.7 cm³/mol. The van der Waals surface area contributed by atoms with Gasteiger partial charge in [-0.2, -0.15) is 0 Å². The molecular weight excluding hydrogens is 241 g/mol. The molecule has 0 saturated carbocycles. The third kappa shape index (κ3) is 2.05. The van der Waals surface area contributed by atoms with E-state index in [2.05, 4.69) is 81.3 Å². The fourth-order valence-corrected chi connectivity index (χ4v) is 3.40. The highest BCUT2D eigenvalue weighted by molar-refractivity contribution is 6.91. The van der Waals surface area contributed by atoms with Gasteiger partial charge in [-0.3, -0.25) is 0 Å². The Bertz CT molecular complexity index is 665. The molecule has 3 rings (SSSR count). The summed E-state index contributed by atoms with van der Waals surface area (Å²) in [6, 6.07) is 13.3. The van der Waals surface area contributed by atoms with Gasteiger partial charge in [0.2, 0.25) is 6.71 Å². The van der Waals surface area contributed by atoms with Crippen LogP contribution in [0.4, 0.5) is 5.69 Å². The van der Waals surface area contributed by atoms with E-state index in [9.17, 15) is 0 Å². The van der Waals surface area contributed by atoms with Gasteiger partial charge in [0.25, 0.3) is 0 Å². The summed E-state index contributed by atoms with van der Waals surface area (Å²) in [5.74, 6) is 2.31. The molecule has 100 valence electrons. The Morgan fingerprint density at radius 1 is 0.950 bits per heavy atom. The third-order valence-electron chi connectivity index (χ3n) is 4.20. The van der Waals surface area contributed by atoms with Crippen molar-refractivity contribution in [2.75, 3.05) is 11.9 Å². The van der Waals surface area contributed by atoms with Crippen molar-refractivity contribution >= 4 is 23.3 Å². The van der Waals surface area contributed by atoms with Crippen LogP contribution in [-0.4, -0.2) is 13.8 Å². The number of anilines is 1. The monoisotopic (exact) mass is 261 g/mol. The Labute approximate surface area is 122 Å². The van der Waals surface area contributed by atoms with Gasteiger partial charge in [0, 0.05) is 12.7 Å². The van der Waals surface area contributed by atoms with E-state index in [1.807, 2.05) is 0 Å². The standard InChI is InChI=1S/C18H20BN/c1-13-11-14(2)18(15(3)12-13)19-9-10-20(4)17-8-6-5-7-16(17)19/h5-12H,1-4H3. The molecule has 20 heavy (non-hydrogen) atoms. The Morgan fingerprint density at radius 2 is 1.60 bits per heavy atom. The summed E-state index contributed by atoms with van der Waals surface area (Å²) in [6.07, 6.45) is 2.19. The Kier molecular flexibility index (Phi) is 3.17. The van der Waals surface area contributed by atoms with Gasteiger partial charge in [-0.1, -0.05) is 58.5 Å². The molecular formula is C18H20BN. The molecule has 0 N–H and O–H groups in total. The second kappa shape index (κ2) is 4.86. The van der Waals surface area contributed by atoms with E-state index in [-0.39, 0.29) is 0 Å². The topological polar surface area (TPSA) is 3.24 Å². The highest BCUT2D eigenvalue weighted by Gasteiger charge is 2.26. The van der Waals surface area contributed by atoms with E-state index >= 15 is 0 Å². The molecule has 0 radical (unpaired) electrons. The van der Waals surface area contributed by atoms with Crippen LogP contribution in [0.15, 0.2) is 48.6 Å². The number of hydrogen-bond donors (Lipinski definition) is 0. The summed E-state index contributed by atoms with van der Waals surface area (Å²) < 4.78 is 0. The van der Waals surface area contributed by atoms with Gasteiger partial charge < -0.3 is 4.90 Å². The minimum Gasteiger partial charge on any atom is -0.353 e. The lowest BCUT2D eigenvalue weighted by atomic mass is 9.38. The van der Waals surface area contributed by atoms with Gasteiger partial charge in [-0.25, -0.2) is 0 Å². The van der Waals surface area contributed by atoms with Crippen LogP contribution in [0.3, 0.4) is 0 Å². The molecule has 0 atom stereocenters. The Morgan fingerprint density at radius 3 is 2.30 bits per heavy atom. The zero-order valence-corrected chi connectivity index (χ0v) is 12.6. The van der Waals surface area contributed by atoms with Crippen LogP contribution >= 0.6 is 0 Å². The molecule has 0 saturated heterocycles. The van der Waals surface area contributed by atoms with E-state index in [1.54, 1.807) is 0 Å². The van der Waals surface area contributed by atoms with E-state index in [0.717, 1.165) is 0 Å². The summed E-state index contributed by atoms with van der Waals surface area (Å²) in [5.41, 5.74) is 8.27. The van der Waals surface area contributed by atoms with Crippen molar-refractivity contribution in [1.29, 1.82) is 0 Å². The van der Waals surface area contributed by atoms with Crippen LogP contribution in [0.5, 0.6) is 0 Å². The van der Waals surface area contributed by atoms with Crippen LogP contribution in [0.1, 0.15) is 16.7 Å². The maximum Gasteiger partial charge on any atom is 0.238 e. The van der Waals surface area contributed by atoms with E-state index in [4.69, 9.17) is 0 Å². The molecule has 0 bridgehead atoms. The largest absolute Gasteiger partial charge is 0.353 e. The average Bonchev–Trinajstić information content (AvgIpc) is 2.40. The number of para-hydroxylation sites is 1. The van der Waals surface area contributed by atoms with Crippen molar-refractivity contribution in [3.05, 3.63) is 65.3 Å². The van der Waals surface area contributed by atoms with Crippen LogP contribution in [-0.2, 0) is 0 Å². The fourth-order valence-electron chi connectivity index (χ4n) is 3.40. The second-order valence-corrected chi connectivity index (χ2v) is 5.80. The highest BCUT2D eigenvalue weighted by Crippen LogP contribution is 2.17. The minimum absolute atomic E-state index is 0.364. The third-order valence-corrected chi connectivity index (χ3v) is 4.20. The molecule has 1 nitrogen and oxygen atoms in total. The number of aryl methyl sites for hydroxylation is 3. The van der Waals surface area contributed by atoms with Crippen molar-refractivity contribution in [2.24, 2.45) is 0 Å². The molecule has 2 aromatic carbocycles. The zero-order valence-electron chi connectivity index (χ0n) is 12.6. The normalized spacial score (nSPS) is 13.6. The first-order valence-electron chi connectivity index (χ1n) is 7.16. The molecule has 0 aliphatic carbocycles. The van der Waals surface area contributed by atoms with Gasteiger partial charge in [-0.15, -0.1) is 0 Å². The molecule has 1 aliphatic rings. The van der Waals surface area contributed by atoms with Gasteiger partial charge >= 0.3 is 0 Å². The summed E-state index contributed by atoms with van der Waals surface area (Å²) in [4.78, 5) is 2.20. The predicted octanol–water partition coefficient (Wildman–Crippen LogP) is 2.72. The Hall–Kier alpha value is -1.96.